The first-order valence-electron chi connectivity index (χ1n) is 10.3. The molecule has 11 heteroatoms. The minimum atomic E-state index is -3.75. The van der Waals surface area contributed by atoms with Gasteiger partial charge in [0.1, 0.15) is 10.3 Å². The SMILES string of the molecule is O=C(C1CCCN1S(=O)(=O)c1cccs1)N(Cc1cccnc1)c1nc2ccc(Cl)cc2s1. The van der Waals surface area contributed by atoms with Crippen molar-refractivity contribution in [2.24, 2.45) is 0 Å². The van der Waals surface area contributed by atoms with Crippen molar-refractivity contribution in [3.8, 4) is 0 Å². The van der Waals surface area contributed by atoms with Crippen molar-refractivity contribution in [3.63, 3.8) is 0 Å². The molecule has 0 bridgehead atoms. The summed E-state index contributed by atoms with van der Waals surface area (Å²) in [4.78, 5) is 24.2. The Balaban J connectivity index is 1.53. The summed E-state index contributed by atoms with van der Waals surface area (Å²) in [6.45, 7) is 0.552. The van der Waals surface area contributed by atoms with Gasteiger partial charge in [-0.05, 0) is 54.1 Å². The molecule has 0 radical (unpaired) electrons. The third-order valence-electron chi connectivity index (χ3n) is 5.45. The fourth-order valence-corrected chi connectivity index (χ4v) is 7.91. The van der Waals surface area contributed by atoms with E-state index in [0.717, 1.165) is 27.1 Å². The van der Waals surface area contributed by atoms with Crippen LogP contribution in [-0.2, 0) is 21.4 Å². The van der Waals surface area contributed by atoms with Gasteiger partial charge in [-0.15, -0.1) is 11.3 Å². The fraction of sp³-hybridized carbons (Fsp3) is 0.227. The molecule has 1 aromatic carbocycles. The van der Waals surface area contributed by atoms with Gasteiger partial charge in [0.15, 0.2) is 5.13 Å². The molecular weight excluding hydrogens is 500 g/mol. The number of thiazole rings is 1. The smallest absolute Gasteiger partial charge is 0.253 e. The summed E-state index contributed by atoms with van der Waals surface area (Å²) in [5.74, 6) is -0.290. The van der Waals surface area contributed by atoms with Crippen LogP contribution in [0.25, 0.3) is 10.2 Å². The molecule has 3 aromatic heterocycles. The van der Waals surface area contributed by atoms with Crippen molar-refractivity contribution in [3.05, 3.63) is 70.8 Å². The van der Waals surface area contributed by atoms with Gasteiger partial charge in [0.2, 0.25) is 5.91 Å². The number of sulfonamides is 1. The molecule has 5 rings (SSSR count). The topological polar surface area (TPSA) is 83.5 Å². The summed E-state index contributed by atoms with van der Waals surface area (Å²) >= 11 is 8.65. The lowest BCUT2D eigenvalue weighted by molar-refractivity contribution is -0.121. The molecule has 4 heterocycles. The third kappa shape index (κ3) is 4.41. The highest BCUT2D eigenvalue weighted by molar-refractivity contribution is 7.91. The Kier molecular flexibility index (Phi) is 6.19. The number of amides is 1. The van der Waals surface area contributed by atoms with E-state index in [2.05, 4.69) is 9.97 Å². The van der Waals surface area contributed by atoms with Crippen molar-refractivity contribution in [2.75, 3.05) is 11.4 Å². The molecule has 0 spiro atoms. The number of aromatic nitrogens is 2. The van der Waals surface area contributed by atoms with E-state index in [1.807, 2.05) is 18.2 Å². The minimum Gasteiger partial charge on any atom is -0.282 e. The van der Waals surface area contributed by atoms with Crippen LogP contribution in [-0.4, -0.2) is 41.2 Å². The van der Waals surface area contributed by atoms with Gasteiger partial charge in [-0.25, -0.2) is 13.4 Å². The molecule has 0 saturated carbocycles. The zero-order valence-electron chi connectivity index (χ0n) is 17.3. The zero-order valence-corrected chi connectivity index (χ0v) is 20.5. The number of nitrogens with zero attached hydrogens (tertiary/aromatic N) is 4. The summed E-state index contributed by atoms with van der Waals surface area (Å²) in [6.07, 6.45) is 4.45. The zero-order chi connectivity index (χ0) is 23.0. The quantitative estimate of drug-likeness (QED) is 0.366. The second kappa shape index (κ2) is 9.11. The van der Waals surface area contributed by atoms with Gasteiger partial charge in [0.05, 0.1) is 16.8 Å². The molecule has 1 aliphatic rings. The molecule has 1 atom stereocenters. The predicted octanol–water partition coefficient (Wildman–Crippen LogP) is 4.79. The Bertz CT molecular complexity index is 1390. The Morgan fingerprint density at radius 3 is 2.88 bits per heavy atom. The van der Waals surface area contributed by atoms with Gasteiger partial charge in [0.25, 0.3) is 10.0 Å². The van der Waals surface area contributed by atoms with Crippen molar-refractivity contribution in [2.45, 2.75) is 29.6 Å². The van der Waals surface area contributed by atoms with Gasteiger partial charge < -0.3 is 0 Å². The number of fused-ring (bicyclic) bond motifs is 1. The fourth-order valence-electron chi connectivity index (χ4n) is 3.90. The van der Waals surface area contributed by atoms with Crippen LogP contribution in [0.4, 0.5) is 5.13 Å². The number of pyridine rings is 1. The van der Waals surface area contributed by atoms with Crippen molar-refractivity contribution in [1.29, 1.82) is 0 Å². The summed E-state index contributed by atoms with van der Waals surface area (Å²) in [5, 5.41) is 2.81. The average Bonchev–Trinajstić information content (AvgIpc) is 3.58. The van der Waals surface area contributed by atoms with Crippen molar-refractivity contribution in [1.82, 2.24) is 14.3 Å². The van der Waals surface area contributed by atoms with Gasteiger partial charge in [-0.2, -0.15) is 4.31 Å². The van der Waals surface area contributed by atoms with Crippen molar-refractivity contribution < 1.29 is 13.2 Å². The number of carbonyl (C=O) groups excluding carboxylic acids is 1. The van der Waals surface area contributed by atoms with Gasteiger partial charge in [-0.1, -0.05) is 35.1 Å². The van der Waals surface area contributed by atoms with E-state index in [9.17, 15) is 13.2 Å². The summed E-state index contributed by atoms with van der Waals surface area (Å²) in [7, 11) is -3.75. The molecule has 33 heavy (non-hydrogen) atoms. The van der Waals surface area contributed by atoms with Crippen LogP contribution < -0.4 is 4.90 Å². The average molecular weight is 519 g/mol. The second-order valence-corrected chi connectivity index (χ2v) is 12.1. The number of rotatable bonds is 6. The maximum Gasteiger partial charge on any atom is 0.253 e. The number of thiophene rings is 1. The number of halogens is 1. The second-order valence-electron chi connectivity index (χ2n) is 7.60. The van der Waals surface area contributed by atoms with E-state index in [4.69, 9.17) is 11.6 Å². The van der Waals surface area contributed by atoms with E-state index in [1.54, 1.807) is 46.9 Å². The normalized spacial score (nSPS) is 16.9. The molecule has 0 N–H and O–H groups in total. The highest BCUT2D eigenvalue weighted by atomic mass is 35.5. The molecule has 7 nitrogen and oxygen atoms in total. The van der Waals surface area contributed by atoms with Crippen LogP contribution in [0, 0.1) is 0 Å². The van der Waals surface area contributed by atoms with E-state index in [1.165, 1.54) is 15.6 Å². The van der Waals surface area contributed by atoms with Crippen LogP contribution >= 0.6 is 34.3 Å². The lowest BCUT2D eigenvalue weighted by Gasteiger charge is -2.28. The van der Waals surface area contributed by atoms with E-state index < -0.39 is 16.1 Å². The van der Waals surface area contributed by atoms with Gasteiger partial charge in [0, 0.05) is 24.0 Å². The molecule has 1 fully saturated rings. The maximum atomic E-state index is 13.9. The van der Waals surface area contributed by atoms with Crippen molar-refractivity contribution >= 4 is 65.6 Å². The number of hydrogen-bond acceptors (Lipinski definition) is 7. The summed E-state index contributed by atoms with van der Waals surface area (Å²) in [5.41, 5.74) is 1.56. The lowest BCUT2D eigenvalue weighted by atomic mass is 10.2. The molecule has 0 aliphatic carbocycles. The van der Waals surface area contributed by atoms with Gasteiger partial charge in [-0.3, -0.25) is 14.7 Å². The van der Waals surface area contributed by atoms with Crippen LogP contribution in [0.15, 0.2) is 64.4 Å². The molecular formula is C22H19ClN4O3S3. The number of anilines is 1. The Morgan fingerprint density at radius 1 is 1.24 bits per heavy atom. The molecule has 1 amide bonds. The first kappa shape index (κ1) is 22.4. The monoisotopic (exact) mass is 518 g/mol. The number of carbonyl (C=O) groups is 1. The van der Waals surface area contributed by atoms with E-state index in [0.29, 0.717) is 29.5 Å². The molecule has 4 aromatic rings. The van der Waals surface area contributed by atoms with Crippen LogP contribution in [0.3, 0.4) is 0 Å². The minimum absolute atomic E-state index is 0.240. The molecule has 1 unspecified atom stereocenters. The third-order valence-corrected chi connectivity index (χ3v) is 10.0. The van der Waals surface area contributed by atoms with Crippen LogP contribution in [0.5, 0.6) is 0 Å². The number of hydrogen-bond donors (Lipinski definition) is 0. The highest BCUT2D eigenvalue weighted by Crippen LogP contribution is 2.35. The largest absolute Gasteiger partial charge is 0.282 e. The summed E-state index contributed by atoms with van der Waals surface area (Å²) in [6, 6.07) is 11.6. The Morgan fingerprint density at radius 2 is 2.12 bits per heavy atom. The first-order valence-corrected chi connectivity index (χ1v) is 13.8. The van der Waals surface area contributed by atoms with E-state index in [-0.39, 0.29) is 16.7 Å². The van der Waals surface area contributed by atoms with Crippen LogP contribution in [0.1, 0.15) is 18.4 Å². The molecule has 1 aliphatic heterocycles. The first-order chi connectivity index (χ1) is 15.9. The Labute approximate surface area is 204 Å². The summed E-state index contributed by atoms with van der Waals surface area (Å²) < 4.78 is 28.9. The van der Waals surface area contributed by atoms with Gasteiger partial charge >= 0.3 is 0 Å². The standard InChI is InChI=1S/C22H19ClN4O3S3/c23-16-7-8-17-19(12-16)32-22(25-17)26(14-15-4-1-9-24-13-15)21(28)18-5-2-10-27(18)33(29,30)20-6-3-11-31-20/h1,3-4,6-9,11-13,18H,2,5,10,14H2. The molecule has 1 saturated heterocycles. The highest BCUT2D eigenvalue weighted by Gasteiger charge is 2.42. The Hall–Kier alpha value is -2.37. The van der Waals surface area contributed by atoms with Crippen LogP contribution in [0.2, 0.25) is 5.02 Å². The molecule has 170 valence electrons. The predicted molar refractivity (Wildman–Crippen MR) is 131 cm³/mol. The lowest BCUT2D eigenvalue weighted by Crippen LogP contribution is -2.47. The maximum absolute atomic E-state index is 13.9. The number of benzene rings is 1. The van der Waals surface area contributed by atoms with E-state index >= 15 is 0 Å².